The van der Waals surface area contributed by atoms with Crippen LogP contribution in [0.25, 0.3) is 11.1 Å². The van der Waals surface area contributed by atoms with Crippen molar-refractivity contribution in [2.75, 3.05) is 0 Å². The van der Waals surface area contributed by atoms with Crippen LogP contribution in [-0.4, -0.2) is 20.8 Å². The van der Waals surface area contributed by atoms with Crippen molar-refractivity contribution in [2.24, 2.45) is 23.7 Å². The second-order valence-electron chi connectivity index (χ2n) is 9.09. The highest BCUT2D eigenvalue weighted by Crippen LogP contribution is 2.62. The standard InChI is InChI=1S/C22H29NO3/c1-2-3-4-18(21-23-19-6-5-17(24)12-20(19)26-21)22(25)15-8-13-7-14(10-15)11-16(22)9-13/h5-6,12-16,18,24-25H,2-4,7-11H2,1H3. The minimum absolute atomic E-state index is 0.0352. The Morgan fingerprint density at radius 1 is 1.15 bits per heavy atom. The van der Waals surface area contributed by atoms with Gasteiger partial charge in [0.2, 0.25) is 5.89 Å². The van der Waals surface area contributed by atoms with Gasteiger partial charge >= 0.3 is 0 Å². The topological polar surface area (TPSA) is 66.5 Å². The van der Waals surface area contributed by atoms with Gasteiger partial charge in [-0.3, -0.25) is 0 Å². The van der Waals surface area contributed by atoms with Crippen molar-refractivity contribution in [3.8, 4) is 5.75 Å². The van der Waals surface area contributed by atoms with Crippen molar-refractivity contribution in [1.29, 1.82) is 0 Å². The SMILES string of the molecule is CCCCC(c1nc2ccc(O)cc2o1)C1(O)C2CC3CC(C2)CC1C3. The number of phenolic OH excluding ortho intramolecular Hbond substituents is 1. The zero-order chi connectivity index (χ0) is 17.9. The summed E-state index contributed by atoms with van der Waals surface area (Å²) in [7, 11) is 0. The zero-order valence-corrected chi connectivity index (χ0v) is 15.5. The lowest BCUT2D eigenvalue weighted by molar-refractivity contribution is -0.190. The predicted octanol–water partition coefficient (Wildman–Crippen LogP) is 4.99. The maximum atomic E-state index is 12.1. The van der Waals surface area contributed by atoms with Crippen LogP contribution in [0.2, 0.25) is 0 Å². The Morgan fingerprint density at radius 2 is 1.85 bits per heavy atom. The molecule has 1 aromatic carbocycles. The fourth-order valence-electron chi connectivity index (χ4n) is 6.55. The van der Waals surface area contributed by atoms with Gasteiger partial charge in [0.25, 0.3) is 0 Å². The monoisotopic (exact) mass is 355 g/mol. The number of nitrogens with zero attached hydrogens (tertiary/aromatic N) is 1. The Bertz CT molecular complexity index is 783. The van der Waals surface area contributed by atoms with E-state index in [9.17, 15) is 10.2 Å². The molecule has 4 aliphatic rings. The number of aromatic nitrogens is 1. The molecule has 4 aliphatic carbocycles. The van der Waals surface area contributed by atoms with Gasteiger partial charge in [0.05, 0.1) is 11.5 Å². The van der Waals surface area contributed by atoms with Crippen LogP contribution in [0.5, 0.6) is 5.75 Å². The van der Waals surface area contributed by atoms with Gasteiger partial charge < -0.3 is 14.6 Å². The minimum Gasteiger partial charge on any atom is -0.508 e. The average Bonchev–Trinajstić information content (AvgIpc) is 3.02. The first kappa shape index (κ1) is 16.6. The van der Waals surface area contributed by atoms with E-state index in [4.69, 9.17) is 9.40 Å². The Morgan fingerprint density at radius 3 is 2.50 bits per heavy atom. The molecule has 4 nitrogen and oxygen atoms in total. The molecule has 0 spiro atoms. The van der Waals surface area contributed by atoms with Crippen LogP contribution in [0, 0.1) is 23.7 Å². The maximum absolute atomic E-state index is 12.1. The third-order valence-corrected chi connectivity index (χ3v) is 7.54. The van der Waals surface area contributed by atoms with Crippen LogP contribution in [0.4, 0.5) is 0 Å². The number of fused-ring (bicyclic) bond motifs is 1. The van der Waals surface area contributed by atoms with Crippen molar-refractivity contribution in [3.63, 3.8) is 0 Å². The van der Waals surface area contributed by atoms with Crippen LogP contribution in [0.1, 0.15) is 70.1 Å². The molecule has 0 saturated heterocycles. The van der Waals surface area contributed by atoms with Gasteiger partial charge in [0.1, 0.15) is 11.3 Å². The number of aromatic hydroxyl groups is 1. The largest absolute Gasteiger partial charge is 0.508 e. The second kappa shape index (κ2) is 5.98. The fourth-order valence-corrected chi connectivity index (χ4v) is 6.55. The summed E-state index contributed by atoms with van der Waals surface area (Å²) in [6.45, 7) is 2.20. The summed E-state index contributed by atoms with van der Waals surface area (Å²) < 4.78 is 6.10. The Kier molecular flexibility index (Phi) is 3.82. The lowest BCUT2D eigenvalue weighted by atomic mass is 9.47. The van der Waals surface area contributed by atoms with E-state index in [1.807, 2.05) is 0 Å². The average molecular weight is 355 g/mol. The first-order valence-corrected chi connectivity index (χ1v) is 10.4. The molecular weight excluding hydrogens is 326 g/mol. The van der Waals surface area contributed by atoms with E-state index in [1.165, 1.54) is 32.1 Å². The van der Waals surface area contributed by atoms with Gasteiger partial charge in [-0.25, -0.2) is 4.98 Å². The van der Waals surface area contributed by atoms with Crippen LogP contribution in [0.15, 0.2) is 22.6 Å². The second-order valence-corrected chi connectivity index (χ2v) is 9.09. The smallest absolute Gasteiger partial charge is 0.201 e. The van der Waals surface area contributed by atoms with Crippen molar-refractivity contribution in [1.82, 2.24) is 4.98 Å². The van der Waals surface area contributed by atoms with Gasteiger partial charge in [-0.2, -0.15) is 0 Å². The third-order valence-electron chi connectivity index (χ3n) is 7.54. The normalized spacial score (nSPS) is 36.7. The van der Waals surface area contributed by atoms with Gasteiger partial charge in [0.15, 0.2) is 5.58 Å². The highest BCUT2D eigenvalue weighted by molar-refractivity contribution is 5.74. The van der Waals surface area contributed by atoms with Gasteiger partial charge in [-0.15, -0.1) is 0 Å². The number of aliphatic hydroxyl groups is 1. The Balaban J connectivity index is 1.56. The summed E-state index contributed by atoms with van der Waals surface area (Å²) >= 11 is 0. The molecule has 1 heterocycles. The van der Waals surface area contributed by atoms with E-state index in [-0.39, 0.29) is 11.7 Å². The number of unbranched alkanes of at least 4 members (excludes halogenated alkanes) is 1. The van der Waals surface area contributed by atoms with E-state index in [1.54, 1.807) is 18.2 Å². The number of hydrogen-bond acceptors (Lipinski definition) is 4. The first-order chi connectivity index (χ1) is 12.6. The van der Waals surface area contributed by atoms with Crippen LogP contribution in [-0.2, 0) is 0 Å². The van der Waals surface area contributed by atoms with Crippen molar-refractivity contribution in [3.05, 3.63) is 24.1 Å². The molecule has 0 aliphatic heterocycles. The van der Waals surface area contributed by atoms with E-state index in [0.29, 0.717) is 23.3 Å². The third kappa shape index (κ3) is 2.41. The summed E-state index contributed by atoms with van der Waals surface area (Å²) in [5.41, 5.74) is 0.714. The lowest BCUT2D eigenvalue weighted by Crippen LogP contribution is -2.60. The molecule has 2 N–H and O–H groups in total. The summed E-state index contributed by atoms with van der Waals surface area (Å²) in [5, 5.41) is 21.8. The molecule has 4 fully saturated rings. The van der Waals surface area contributed by atoms with E-state index >= 15 is 0 Å². The number of oxazole rings is 1. The Hall–Kier alpha value is -1.55. The molecule has 0 radical (unpaired) electrons. The molecule has 2 aromatic rings. The van der Waals surface area contributed by atoms with E-state index in [2.05, 4.69) is 6.92 Å². The predicted molar refractivity (Wildman–Crippen MR) is 99.9 cm³/mol. The van der Waals surface area contributed by atoms with Crippen molar-refractivity contribution < 1.29 is 14.6 Å². The molecule has 0 amide bonds. The summed E-state index contributed by atoms with van der Waals surface area (Å²) in [6.07, 6.45) is 9.18. The molecule has 1 atom stereocenters. The molecule has 1 aromatic heterocycles. The van der Waals surface area contributed by atoms with Crippen molar-refractivity contribution >= 4 is 11.1 Å². The van der Waals surface area contributed by atoms with E-state index in [0.717, 1.165) is 36.6 Å². The van der Waals surface area contributed by atoms with Crippen LogP contribution < -0.4 is 0 Å². The summed E-state index contributed by atoms with van der Waals surface area (Å²) in [6, 6.07) is 5.08. The number of hydrogen-bond donors (Lipinski definition) is 2. The highest BCUT2D eigenvalue weighted by atomic mass is 16.4. The zero-order valence-electron chi connectivity index (χ0n) is 15.5. The summed E-state index contributed by atoms with van der Waals surface area (Å²) in [4.78, 5) is 4.75. The van der Waals surface area contributed by atoms with Crippen LogP contribution in [0.3, 0.4) is 0 Å². The quantitative estimate of drug-likeness (QED) is 0.792. The van der Waals surface area contributed by atoms with E-state index < -0.39 is 5.60 Å². The highest BCUT2D eigenvalue weighted by Gasteiger charge is 2.60. The van der Waals surface area contributed by atoms with Crippen molar-refractivity contribution in [2.45, 2.75) is 69.8 Å². The molecule has 4 bridgehead atoms. The fraction of sp³-hybridized carbons (Fsp3) is 0.682. The van der Waals surface area contributed by atoms with Gasteiger partial charge in [0, 0.05) is 6.07 Å². The molecule has 1 unspecified atom stereocenters. The molecule has 140 valence electrons. The molecule has 4 heteroatoms. The maximum Gasteiger partial charge on any atom is 0.201 e. The van der Waals surface area contributed by atoms with Crippen LogP contribution >= 0.6 is 0 Å². The Labute approximate surface area is 154 Å². The molecule has 6 rings (SSSR count). The molecular formula is C22H29NO3. The van der Waals surface area contributed by atoms with Gasteiger partial charge in [-0.1, -0.05) is 19.8 Å². The number of phenols is 1. The van der Waals surface area contributed by atoms with Gasteiger partial charge in [-0.05, 0) is 74.3 Å². The molecule has 4 saturated carbocycles. The number of rotatable bonds is 5. The lowest BCUT2D eigenvalue weighted by Gasteiger charge is -2.60. The number of benzene rings is 1. The minimum atomic E-state index is -0.675. The summed E-state index contributed by atoms with van der Waals surface area (Å²) in [5.74, 6) is 3.27. The molecule has 26 heavy (non-hydrogen) atoms. The first-order valence-electron chi connectivity index (χ1n) is 10.4.